The SMILES string of the molecule is CN1CC(C(=O)CBr)C[C@@H]2c3cccc4c3c(cn4C)C[C@H]21. The molecule has 0 amide bonds. The summed E-state index contributed by atoms with van der Waals surface area (Å²) in [5, 5.41) is 1.91. The number of fused-ring (bicyclic) bond motifs is 2. The fourth-order valence-electron chi connectivity index (χ4n) is 4.56. The number of aromatic nitrogens is 1. The van der Waals surface area contributed by atoms with Crippen LogP contribution in [0.15, 0.2) is 24.4 Å². The molecular formula is C18H21BrN2O. The number of piperidine rings is 1. The van der Waals surface area contributed by atoms with Crippen molar-refractivity contribution in [3.63, 3.8) is 0 Å². The van der Waals surface area contributed by atoms with Crippen LogP contribution >= 0.6 is 15.9 Å². The van der Waals surface area contributed by atoms with Crippen molar-refractivity contribution in [3.05, 3.63) is 35.5 Å². The molecule has 1 aromatic carbocycles. The number of likely N-dealkylation sites (tertiary alicyclic amines) is 1. The molecule has 2 aliphatic rings. The van der Waals surface area contributed by atoms with E-state index >= 15 is 0 Å². The minimum atomic E-state index is 0.158. The Balaban J connectivity index is 1.82. The number of aryl methyl sites for hydroxylation is 1. The number of nitrogens with zero attached hydrogens (tertiary/aromatic N) is 2. The van der Waals surface area contributed by atoms with E-state index in [2.05, 4.69) is 63.9 Å². The summed E-state index contributed by atoms with van der Waals surface area (Å²) in [6.07, 6.45) is 4.38. The van der Waals surface area contributed by atoms with Gasteiger partial charge >= 0.3 is 0 Å². The zero-order valence-electron chi connectivity index (χ0n) is 13.1. The van der Waals surface area contributed by atoms with Gasteiger partial charge in [0.05, 0.1) is 5.33 Å². The van der Waals surface area contributed by atoms with E-state index < -0.39 is 0 Å². The van der Waals surface area contributed by atoms with Crippen LogP contribution in [0, 0.1) is 5.92 Å². The van der Waals surface area contributed by atoms with Crippen molar-refractivity contribution in [3.8, 4) is 0 Å². The highest BCUT2D eigenvalue weighted by atomic mass is 79.9. The fourth-order valence-corrected chi connectivity index (χ4v) is 5.02. The topological polar surface area (TPSA) is 25.2 Å². The summed E-state index contributed by atoms with van der Waals surface area (Å²) in [6.45, 7) is 0.893. The van der Waals surface area contributed by atoms with Crippen LogP contribution < -0.4 is 0 Å². The number of likely N-dealkylation sites (N-methyl/N-ethyl adjacent to an activating group) is 1. The Morgan fingerprint density at radius 1 is 1.36 bits per heavy atom. The van der Waals surface area contributed by atoms with Crippen molar-refractivity contribution >= 4 is 32.6 Å². The van der Waals surface area contributed by atoms with Gasteiger partial charge in [-0.15, -0.1) is 0 Å². The van der Waals surface area contributed by atoms with Gasteiger partial charge in [-0.25, -0.2) is 0 Å². The highest BCUT2D eigenvalue weighted by molar-refractivity contribution is 9.09. The van der Waals surface area contributed by atoms with Gasteiger partial charge < -0.3 is 9.47 Å². The third-order valence-electron chi connectivity index (χ3n) is 5.62. The van der Waals surface area contributed by atoms with Crippen LogP contribution in [-0.2, 0) is 18.3 Å². The predicted octanol–water partition coefficient (Wildman–Crippen LogP) is 3.10. The average Bonchev–Trinajstić information content (AvgIpc) is 2.85. The first-order chi connectivity index (χ1) is 10.6. The number of Topliss-reactive ketones (excluding diaryl/α,β-unsaturated/α-hetero) is 1. The Morgan fingerprint density at radius 2 is 2.18 bits per heavy atom. The zero-order valence-corrected chi connectivity index (χ0v) is 14.6. The lowest BCUT2D eigenvalue weighted by molar-refractivity contribution is -0.122. The molecule has 116 valence electrons. The lowest BCUT2D eigenvalue weighted by atomic mass is 9.72. The maximum Gasteiger partial charge on any atom is 0.147 e. The molecule has 0 spiro atoms. The van der Waals surface area contributed by atoms with Crippen LogP contribution in [0.3, 0.4) is 0 Å². The standard InChI is InChI=1S/C18H21BrN2O/c1-20-10-12-7-16-14(13-4-3-5-15(20)18(12)13)6-11(9-21(16)2)17(22)8-19/h3-5,10-11,14,16H,6-9H2,1-2H3/t11?,14-,16-/m1/s1. The molecule has 4 rings (SSSR count). The quantitative estimate of drug-likeness (QED) is 0.768. The molecule has 1 aliphatic heterocycles. The van der Waals surface area contributed by atoms with Crippen LogP contribution in [0.5, 0.6) is 0 Å². The second-order valence-corrected chi connectivity index (χ2v) is 7.42. The van der Waals surface area contributed by atoms with Crippen LogP contribution in [0.2, 0.25) is 0 Å². The van der Waals surface area contributed by atoms with Crippen LogP contribution in [-0.4, -0.2) is 40.2 Å². The molecule has 0 saturated carbocycles. The number of carbonyl (C=O) groups is 1. The van der Waals surface area contributed by atoms with Gasteiger partial charge in [0.25, 0.3) is 0 Å². The number of alkyl halides is 1. The number of benzene rings is 1. The normalized spacial score (nSPS) is 27.9. The number of carbonyl (C=O) groups excluding carboxylic acids is 1. The highest BCUT2D eigenvalue weighted by Gasteiger charge is 2.41. The number of hydrogen-bond acceptors (Lipinski definition) is 2. The van der Waals surface area contributed by atoms with Crippen molar-refractivity contribution in [1.29, 1.82) is 0 Å². The number of hydrogen-bond donors (Lipinski definition) is 0. The number of rotatable bonds is 2. The molecule has 1 aliphatic carbocycles. The molecule has 1 aromatic heterocycles. The third-order valence-corrected chi connectivity index (χ3v) is 6.17. The van der Waals surface area contributed by atoms with E-state index in [0.717, 1.165) is 19.4 Å². The molecule has 0 radical (unpaired) electrons. The van der Waals surface area contributed by atoms with E-state index in [0.29, 0.717) is 23.1 Å². The minimum Gasteiger partial charge on any atom is -0.350 e. The van der Waals surface area contributed by atoms with Gasteiger partial charge in [-0.05, 0) is 37.1 Å². The molecule has 2 heterocycles. The maximum atomic E-state index is 12.2. The Morgan fingerprint density at radius 3 is 2.95 bits per heavy atom. The van der Waals surface area contributed by atoms with E-state index in [1.54, 1.807) is 0 Å². The minimum absolute atomic E-state index is 0.158. The molecule has 0 N–H and O–H groups in total. The first-order valence-electron chi connectivity index (χ1n) is 7.96. The van der Waals surface area contributed by atoms with Crippen molar-refractivity contribution < 1.29 is 4.79 Å². The first-order valence-corrected chi connectivity index (χ1v) is 9.08. The third kappa shape index (κ3) is 2.00. The smallest absolute Gasteiger partial charge is 0.147 e. The molecule has 22 heavy (non-hydrogen) atoms. The monoisotopic (exact) mass is 360 g/mol. The molecule has 3 nitrogen and oxygen atoms in total. The fraction of sp³-hybridized carbons (Fsp3) is 0.500. The van der Waals surface area contributed by atoms with Crippen molar-refractivity contribution in [2.75, 3.05) is 18.9 Å². The van der Waals surface area contributed by atoms with E-state index in [-0.39, 0.29) is 5.92 Å². The van der Waals surface area contributed by atoms with E-state index in [1.165, 1.54) is 22.0 Å². The molecule has 1 fully saturated rings. The summed E-state index contributed by atoms with van der Waals surface area (Å²) in [5.74, 6) is 0.979. The Bertz CT molecular complexity index is 751. The van der Waals surface area contributed by atoms with Crippen molar-refractivity contribution in [1.82, 2.24) is 9.47 Å². The second-order valence-electron chi connectivity index (χ2n) is 6.86. The molecule has 1 saturated heterocycles. The lowest BCUT2D eigenvalue weighted by Crippen LogP contribution is -2.49. The predicted molar refractivity (Wildman–Crippen MR) is 92.7 cm³/mol. The van der Waals surface area contributed by atoms with Crippen molar-refractivity contribution in [2.24, 2.45) is 13.0 Å². The summed E-state index contributed by atoms with van der Waals surface area (Å²) >= 11 is 3.35. The van der Waals surface area contributed by atoms with E-state index in [4.69, 9.17) is 0 Å². The van der Waals surface area contributed by atoms with E-state index in [9.17, 15) is 4.79 Å². The summed E-state index contributed by atoms with van der Waals surface area (Å²) in [5.41, 5.74) is 4.23. The maximum absolute atomic E-state index is 12.2. The van der Waals surface area contributed by atoms with Gasteiger partial charge in [0, 0.05) is 48.6 Å². The Hall–Kier alpha value is -1.13. The van der Waals surface area contributed by atoms with Crippen molar-refractivity contribution in [2.45, 2.75) is 24.8 Å². The van der Waals surface area contributed by atoms with Gasteiger partial charge in [-0.2, -0.15) is 0 Å². The van der Waals surface area contributed by atoms with E-state index in [1.807, 2.05) is 0 Å². The Labute approximate surface area is 139 Å². The van der Waals surface area contributed by atoms with Gasteiger partial charge in [0.15, 0.2) is 0 Å². The number of halogens is 1. The average molecular weight is 361 g/mol. The van der Waals surface area contributed by atoms with Gasteiger partial charge in [-0.1, -0.05) is 28.1 Å². The van der Waals surface area contributed by atoms with Crippen LogP contribution in [0.25, 0.3) is 10.9 Å². The molecule has 1 unspecified atom stereocenters. The summed E-state index contributed by atoms with van der Waals surface area (Å²) < 4.78 is 2.24. The van der Waals surface area contributed by atoms with Crippen LogP contribution in [0.1, 0.15) is 23.5 Å². The molecule has 2 aromatic rings. The highest BCUT2D eigenvalue weighted by Crippen LogP contribution is 2.44. The zero-order chi connectivity index (χ0) is 15.4. The van der Waals surface area contributed by atoms with Gasteiger partial charge in [-0.3, -0.25) is 4.79 Å². The number of ketones is 1. The molecule has 0 bridgehead atoms. The van der Waals surface area contributed by atoms with Crippen LogP contribution in [0.4, 0.5) is 0 Å². The van der Waals surface area contributed by atoms with Gasteiger partial charge in [0.2, 0.25) is 0 Å². The lowest BCUT2D eigenvalue weighted by Gasteiger charge is -2.45. The molecular weight excluding hydrogens is 340 g/mol. The molecule has 4 heteroatoms. The first kappa shape index (κ1) is 14.5. The Kier molecular flexibility index (Phi) is 3.42. The van der Waals surface area contributed by atoms with Gasteiger partial charge in [0.1, 0.15) is 5.78 Å². The second kappa shape index (κ2) is 5.20. The summed E-state index contributed by atoms with van der Waals surface area (Å²) in [6, 6.07) is 7.17. The summed E-state index contributed by atoms with van der Waals surface area (Å²) in [4.78, 5) is 14.6. The molecule has 3 atom stereocenters. The largest absolute Gasteiger partial charge is 0.350 e. The summed E-state index contributed by atoms with van der Waals surface area (Å²) in [7, 11) is 4.31.